The van der Waals surface area contributed by atoms with Crippen LogP contribution in [-0.4, -0.2) is 10.1 Å². The van der Waals surface area contributed by atoms with E-state index in [2.05, 4.69) is 10.1 Å². The topological polar surface area (TPSA) is 91.0 Å². The number of hydrogen-bond donors (Lipinski definition) is 2. The van der Waals surface area contributed by atoms with Gasteiger partial charge >= 0.3 is 0 Å². The zero-order chi connectivity index (χ0) is 10.1. The van der Waals surface area contributed by atoms with Gasteiger partial charge < -0.3 is 16.0 Å². The Bertz CT molecular complexity index is 468. The fourth-order valence-electron chi connectivity index (χ4n) is 1.07. The Balaban J connectivity index is 2.52. The molecule has 5 nitrogen and oxygen atoms in total. The Hall–Kier alpha value is -2.11. The molecule has 1 heterocycles. The molecule has 0 saturated carbocycles. The van der Waals surface area contributed by atoms with Crippen LogP contribution in [0.15, 0.2) is 22.7 Å². The maximum atomic E-state index is 12.7. The molecule has 2 aromatic rings. The second kappa shape index (κ2) is 2.99. The number of rotatable bonds is 1. The molecule has 4 N–H and O–H groups in total. The molecule has 0 bridgehead atoms. The van der Waals surface area contributed by atoms with E-state index in [1.807, 2.05) is 0 Å². The third kappa shape index (κ3) is 1.37. The van der Waals surface area contributed by atoms with Gasteiger partial charge in [0.15, 0.2) is 0 Å². The third-order valence-corrected chi connectivity index (χ3v) is 1.69. The molecule has 0 aliphatic carbocycles. The smallest absolute Gasteiger partial charge is 0.261 e. The highest BCUT2D eigenvalue weighted by Gasteiger charge is 2.10. The number of nitrogens with zero attached hydrogens (tertiary/aromatic N) is 2. The van der Waals surface area contributed by atoms with E-state index in [0.29, 0.717) is 5.56 Å². The van der Waals surface area contributed by atoms with E-state index in [0.717, 1.165) is 0 Å². The van der Waals surface area contributed by atoms with E-state index in [-0.39, 0.29) is 17.5 Å². The fourth-order valence-corrected chi connectivity index (χ4v) is 1.07. The first-order chi connectivity index (χ1) is 6.66. The molecule has 2 rings (SSSR count). The van der Waals surface area contributed by atoms with Crippen LogP contribution in [0.4, 0.5) is 16.0 Å². The van der Waals surface area contributed by atoms with Gasteiger partial charge in [0.2, 0.25) is 0 Å². The Kier molecular flexibility index (Phi) is 1.81. The number of nitrogens with two attached hydrogens (primary N) is 2. The van der Waals surface area contributed by atoms with Gasteiger partial charge in [-0.25, -0.2) is 4.39 Å². The van der Waals surface area contributed by atoms with Crippen LogP contribution in [0, 0.1) is 5.82 Å². The van der Waals surface area contributed by atoms with Crippen molar-refractivity contribution >= 4 is 11.6 Å². The Labute approximate surface area is 78.5 Å². The molecule has 0 amide bonds. The summed E-state index contributed by atoms with van der Waals surface area (Å²) in [6, 6.07) is 3.89. The quantitative estimate of drug-likeness (QED) is 0.662. The summed E-state index contributed by atoms with van der Waals surface area (Å²) in [6.45, 7) is 0. The standard InChI is InChI=1S/C8H7FN4O/c9-4-1-2-5(6(10)3-4)7-12-8(11)13-14-7/h1-3H,10H2,(H2,11,13). The van der Waals surface area contributed by atoms with Crippen molar-refractivity contribution in [2.24, 2.45) is 0 Å². The molecule has 0 aliphatic heterocycles. The van der Waals surface area contributed by atoms with E-state index < -0.39 is 5.82 Å². The Morgan fingerprint density at radius 3 is 2.64 bits per heavy atom. The first kappa shape index (κ1) is 8.49. The predicted octanol–water partition coefficient (Wildman–Crippen LogP) is 1.04. The largest absolute Gasteiger partial charge is 0.398 e. The van der Waals surface area contributed by atoms with Gasteiger partial charge in [-0.2, -0.15) is 4.98 Å². The average molecular weight is 194 g/mol. The summed E-state index contributed by atoms with van der Waals surface area (Å²) in [6.07, 6.45) is 0. The summed E-state index contributed by atoms with van der Waals surface area (Å²) in [5, 5.41) is 3.40. The van der Waals surface area contributed by atoms with Crippen molar-refractivity contribution < 1.29 is 8.91 Å². The molecule has 0 spiro atoms. The highest BCUT2D eigenvalue weighted by molar-refractivity contribution is 5.70. The monoisotopic (exact) mass is 194 g/mol. The van der Waals surface area contributed by atoms with Crippen molar-refractivity contribution in [1.82, 2.24) is 10.1 Å². The fraction of sp³-hybridized carbons (Fsp3) is 0. The van der Waals surface area contributed by atoms with Gasteiger partial charge in [-0.15, -0.1) is 0 Å². The van der Waals surface area contributed by atoms with Crippen LogP contribution in [0.3, 0.4) is 0 Å². The first-order valence-electron chi connectivity index (χ1n) is 3.81. The Morgan fingerprint density at radius 1 is 1.29 bits per heavy atom. The average Bonchev–Trinajstić information content (AvgIpc) is 2.51. The van der Waals surface area contributed by atoms with Gasteiger partial charge in [0.05, 0.1) is 5.56 Å². The van der Waals surface area contributed by atoms with Crippen LogP contribution in [0.5, 0.6) is 0 Å². The molecule has 0 radical (unpaired) electrons. The van der Waals surface area contributed by atoms with Crippen LogP contribution >= 0.6 is 0 Å². The number of benzene rings is 1. The zero-order valence-corrected chi connectivity index (χ0v) is 7.07. The SMILES string of the molecule is Nc1noc(-c2ccc(F)cc2N)n1. The highest BCUT2D eigenvalue weighted by Crippen LogP contribution is 2.24. The summed E-state index contributed by atoms with van der Waals surface area (Å²) < 4.78 is 17.5. The summed E-state index contributed by atoms with van der Waals surface area (Å²) in [5.41, 5.74) is 11.5. The number of anilines is 2. The van der Waals surface area contributed by atoms with E-state index in [9.17, 15) is 4.39 Å². The lowest BCUT2D eigenvalue weighted by Crippen LogP contribution is -1.92. The van der Waals surface area contributed by atoms with Crippen molar-refractivity contribution in [3.8, 4) is 11.5 Å². The highest BCUT2D eigenvalue weighted by atomic mass is 19.1. The number of aromatic nitrogens is 2. The van der Waals surface area contributed by atoms with E-state index >= 15 is 0 Å². The predicted molar refractivity (Wildman–Crippen MR) is 48.5 cm³/mol. The van der Waals surface area contributed by atoms with E-state index in [4.69, 9.17) is 16.0 Å². The lowest BCUT2D eigenvalue weighted by Gasteiger charge is -1.99. The Morgan fingerprint density at radius 2 is 2.07 bits per heavy atom. The summed E-state index contributed by atoms with van der Waals surface area (Å²) in [7, 11) is 0. The van der Waals surface area contributed by atoms with Crippen molar-refractivity contribution in [2.75, 3.05) is 11.5 Å². The van der Waals surface area contributed by atoms with Crippen LogP contribution < -0.4 is 11.5 Å². The van der Waals surface area contributed by atoms with Gasteiger partial charge in [-0.1, -0.05) is 0 Å². The number of nitrogen functional groups attached to an aromatic ring is 2. The zero-order valence-electron chi connectivity index (χ0n) is 7.07. The number of hydrogen-bond acceptors (Lipinski definition) is 5. The number of halogens is 1. The second-order valence-corrected chi connectivity index (χ2v) is 2.69. The van der Waals surface area contributed by atoms with Gasteiger partial charge in [-0.05, 0) is 23.4 Å². The maximum Gasteiger partial charge on any atom is 0.261 e. The molecule has 0 aliphatic rings. The van der Waals surface area contributed by atoms with Gasteiger partial charge in [0, 0.05) is 5.69 Å². The molecule has 1 aromatic heterocycles. The molecule has 0 fully saturated rings. The van der Waals surface area contributed by atoms with Crippen LogP contribution in [0.25, 0.3) is 11.5 Å². The molecule has 0 saturated heterocycles. The maximum absolute atomic E-state index is 12.7. The molecule has 6 heteroatoms. The molecular weight excluding hydrogens is 187 g/mol. The van der Waals surface area contributed by atoms with Crippen molar-refractivity contribution in [3.63, 3.8) is 0 Å². The molecular formula is C8H7FN4O. The van der Waals surface area contributed by atoms with Crippen LogP contribution in [0.1, 0.15) is 0 Å². The van der Waals surface area contributed by atoms with Crippen LogP contribution in [-0.2, 0) is 0 Å². The minimum absolute atomic E-state index is 0.0173. The van der Waals surface area contributed by atoms with Crippen molar-refractivity contribution in [3.05, 3.63) is 24.0 Å². The summed E-state index contributed by atoms with van der Waals surface area (Å²) in [5.74, 6) is -0.220. The third-order valence-electron chi connectivity index (χ3n) is 1.69. The van der Waals surface area contributed by atoms with Gasteiger partial charge in [0.1, 0.15) is 5.82 Å². The normalized spacial score (nSPS) is 10.4. The van der Waals surface area contributed by atoms with Crippen molar-refractivity contribution in [1.29, 1.82) is 0 Å². The van der Waals surface area contributed by atoms with E-state index in [1.54, 1.807) is 0 Å². The lowest BCUT2D eigenvalue weighted by atomic mass is 10.2. The summed E-state index contributed by atoms with van der Waals surface area (Å²) >= 11 is 0. The van der Waals surface area contributed by atoms with Gasteiger partial charge in [0.25, 0.3) is 11.8 Å². The molecule has 14 heavy (non-hydrogen) atoms. The van der Waals surface area contributed by atoms with Gasteiger partial charge in [-0.3, -0.25) is 0 Å². The second-order valence-electron chi connectivity index (χ2n) is 2.69. The molecule has 1 aromatic carbocycles. The minimum Gasteiger partial charge on any atom is -0.398 e. The minimum atomic E-state index is -0.418. The van der Waals surface area contributed by atoms with E-state index in [1.165, 1.54) is 18.2 Å². The molecule has 0 atom stereocenters. The first-order valence-corrected chi connectivity index (χ1v) is 3.81. The summed E-state index contributed by atoms with van der Waals surface area (Å²) in [4.78, 5) is 3.77. The van der Waals surface area contributed by atoms with Crippen molar-refractivity contribution in [2.45, 2.75) is 0 Å². The molecule has 72 valence electrons. The molecule has 0 unspecified atom stereocenters. The lowest BCUT2D eigenvalue weighted by molar-refractivity contribution is 0.433. The van der Waals surface area contributed by atoms with Crippen LogP contribution in [0.2, 0.25) is 0 Å².